The van der Waals surface area contributed by atoms with E-state index in [1.54, 1.807) is 0 Å². The molecular formula is C13H13BrN2O2. The van der Waals surface area contributed by atoms with E-state index in [2.05, 4.69) is 20.9 Å². The Bertz CT molecular complexity index is 588. The van der Waals surface area contributed by atoms with Gasteiger partial charge in [0.25, 0.3) is 0 Å². The maximum absolute atomic E-state index is 10.8. The van der Waals surface area contributed by atoms with Crippen molar-refractivity contribution in [3.8, 4) is 11.4 Å². The molecule has 0 radical (unpaired) electrons. The lowest BCUT2D eigenvalue weighted by molar-refractivity contribution is -0.136. The number of imidazole rings is 1. The van der Waals surface area contributed by atoms with E-state index in [1.165, 1.54) is 0 Å². The third-order valence-electron chi connectivity index (χ3n) is 2.83. The van der Waals surface area contributed by atoms with Crippen LogP contribution in [-0.2, 0) is 18.3 Å². The molecular weight excluding hydrogens is 296 g/mol. The molecule has 0 atom stereocenters. The summed E-state index contributed by atoms with van der Waals surface area (Å²) in [5, 5.41) is 8.88. The minimum atomic E-state index is -0.844. The average Bonchev–Trinajstić information content (AvgIpc) is 2.58. The topological polar surface area (TPSA) is 55.1 Å². The number of aromatic nitrogens is 2. The standard InChI is InChI=1S/C13H13BrN2O2/c1-8-11(7-12(17)18)16(2)13(15-8)9-3-5-10(14)6-4-9/h3-6H,7H2,1-2H3,(H,17,18). The summed E-state index contributed by atoms with van der Waals surface area (Å²) in [6, 6.07) is 7.79. The molecule has 0 aliphatic heterocycles. The molecule has 2 aromatic rings. The number of benzene rings is 1. The Morgan fingerprint density at radius 1 is 1.39 bits per heavy atom. The van der Waals surface area contributed by atoms with Crippen LogP contribution in [-0.4, -0.2) is 20.6 Å². The van der Waals surface area contributed by atoms with Gasteiger partial charge in [-0.15, -0.1) is 0 Å². The molecule has 0 aliphatic rings. The zero-order valence-electron chi connectivity index (χ0n) is 10.1. The number of hydrogen-bond acceptors (Lipinski definition) is 2. The average molecular weight is 309 g/mol. The second-order valence-electron chi connectivity index (χ2n) is 4.10. The Morgan fingerprint density at radius 3 is 2.56 bits per heavy atom. The molecule has 18 heavy (non-hydrogen) atoms. The second kappa shape index (κ2) is 4.94. The second-order valence-corrected chi connectivity index (χ2v) is 5.02. The number of aliphatic carboxylic acids is 1. The molecule has 0 fully saturated rings. The molecule has 1 N–H and O–H groups in total. The van der Waals surface area contributed by atoms with E-state index in [4.69, 9.17) is 5.11 Å². The zero-order valence-corrected chi connectivity index (χ0v) is 11.7. The number of carbonyl (C=O) groups is 1. The fourth-order valence-electron chi connectivity index (χ4n) is 1.92. The number of rotatable bonds is 3. The van der Waals surface area contributed by atoms with E-state index in [1.807, 2.05) is 42.8 Å². The molecule has 0 spiro atoms. The zero-order chi connectivity index (χ0) is 13.3. The van der Waals surface area contributed by atoms with Crippen LogP contribution in [0.4, 0.5) is 0 Å². The van der Waals surface area contributed by atoms with Gasteiger partial charge >= 0.3 is 5.97 Å². The van der Waals surface area contributed by atoms with Gasteiger partial charge in [0.15, 0.2) is 0 Å². The number of nitrogens with zero attached hydrogens (tertiary/aromatic N) is 2. The summed E-state index contributed by atoms with van der Waals surface area (Å²) in [5.41, 5.74) is 2.47. The van der Waals surface area contributed by atoms with Crippen molar-refractivity contribution >= 4 is 21.9 Å². The van der Waals surface area contributed by atoms with Crippen molar-refractivity contribution in [2.24, 2.45) is 7.05 Å². The first kappa shape index (κ1) is 12.8. The highest BCUT2D eigenvalue weighted by atomic mass is 79.9. The van der Waals surface area contributed by atoms with Crippen molar-refractivity contribution in [1.29, 1.82) is 0 Å². The van der Waals surface area contributed by atoms with Gasteiger partial charge in [-0.2, -0.15) is 0 Å². The van der Waals surface area contributed by atoms with Crippen molar-refractivity contribution in [3.05, 3.63) is 40.1 Å². The maximum Gasteiger partial charge on any atom is 0.309 e. The van der Waals surface area contributed by atoms with Crippen LogP contribution >= 0.6 is 15.9 Å². The number of hydrogen-bond donors (Lipinski definition) is 1. The van der Waals surface area contributed by atoms with Gasteiger partial charge in [-0.25, -0.2) is 4.98 Å². The lowest BCUT2D eigenvalue weighted by Gasteiger charge is -2.05. The highest BCUT2D eigenvalue weighted by molar-refractivity contribution is 9.10. The summed E-state index contributed by atoms with van der Waals surface area (Å²) in [6.07, 6.45) is -0.00807. The number of aryl methyl sites for hydroxylation is 1. The fourth-order valence-corrected chi connectivity index (χ4v) is 2.18. The number of carboxylic acids is 1. The Morgan fingerprint density at radius 2 is 2.00 bits per heavy atom. The predicted molar refractivity (Wildman–Crippen MR) is 72.4 cm³/mol. The van der Waals surface area contributed by atoms with Gasteiger partial charge in [0.2, 0.25) is 0 Å². The highest BCUT2D eigenvalue weighted by Crippen LogP contribution is 2.23. The molecule has 4 nitrogen and oxygen atoms in total. The van der Waals surface area contributed by atoms with Crippen LogP contribution in [0, 0.1) is 6.92 Å². The first-order valence-corrected chi connectivity index (χ1v) is 6.28. The van der Waals surface area contributed by atoms with Crippen LogP contribution in [0.2, 0.25) is 0 Å². The van der Waals surface area contributed by atoms with Gasteiger partial charge < -0.3 is 9.67 Å². The molecule has 1 aromatic heterocycles. The van der Waals surface area contributed by atoms with Gasteiger partial charge in [0.05, 0.1) is 17.8 Å². The summed E-state index contributed by atoms with van der Waals surface area (Å²) >= 11 is 3.38. The van der Waals surface area contributed by atoms with E-state index >= 15 is 0 Å². The van der Waals surface area contributed by atoms with Crippen LogP contribution < -0.4 is 0 Å². The van der Waals surface area contributed by atoms with Crippen molar-refractivity contribution in [3.63, 3.8) is 0 Å². The monoisotopic (exact) mass is 308 g/mol. The smallest absolute Gasteiger partial charge is 0.309 e. The Kier molecular flexibility index (Phi) is 3.52. The van der Waals surface area contributed by atoms with E-state index in [0.717, 1.165) is 27.2 Å². The fraction of sp³-hybridized carbons (Fsp3) is 0.231. The quantitative estimate of drug-likeness (QED) is 0.948. The largest absolute Gasteiger partial charge is 0.481 e. The van der Waals surface area contributed by atoms with Crippen LogP contribution in [0.25, 0.3) is 11.4 Å². The normalized spacial score (nSPS) is 10.6. The molecule has 0 bridgehead atoms. The van der Waals surface area contributed by atoms with Crippen molar-refractivity contribution in [2.45, 2.75) is 13.3 Å². The third-order valence-corrected chi connectivity index (χ3v) is 3.36. The predicted octanol–water partition coefficient (Wildman–Crippen LogP) is 2.79. The highest BCUT2D eigenvalue weighted by Gasteiger charge is 2.15. The number of carboxylic acid groups (broad SMARTS) is 1. The van der Waals surface area contributed by atoms with E-state index in [-0.39, 0.29) is 6.42 Å². The number of halogens is 1. The minimum absolute atomic E-state index is 0.00807. The summed E-state index contributed by atoms with van der Waals surface area (Å²) < 4.78 is 2.84. The van der Waals surface area contributed by atoms with Crippen LogP contribution in [0.5, 0.6) is 0 Å². The molecule has 1 heterocycles. The summed E-state index contributed by atoms with van der Waals surface area (Å²) in [6.45, 7) is 1.83. The van der Waals surface area contributed by atoms with Gasteiger partial charge in [-0.1, -0.05) is 28.1 Å². The van der Waals surface area contributed by atoms with Crippen LogP contribution in [0.15, 0.2) is 28.7 Å². The first-order valence-electron chi connectivity index (χ1n) is 5.49. The molecule has 0 aliphatic carbocycles. The maximum atomic E-state index is 10.8. The third kappa shape index (κ3) is 2.46. The Labute approximate surface area is 113 Å². The molecule has 0 amide bonds. The Hall–Kier alpha value is -1.62. The van der Waals surface area contributed by atoms with E-state index in [9.17, 15) is 4.79 Å². The molecule has 0 unspecified atom stereocenters. The molecule has 1 aromatic carbocycles. The molecule has 0 saturated heterocycles. The summed E-state index contributed by atoms with van der Waals surface area (Å²) in [4.78, 5) is 15.3. The summed E-state index contributed by atoms with van der Waals surface area (Å²) in [5.74, 6) is -0.0558. The van der Waals surface area contributed by atoms with Crippen LogP contribution in [0.3, 0.4) is 0 Å². The van der Waals surface area contributed by atoms with Gasteiger partial charge in [0, 0.05) is 17.1 Å². The van der Waals surface area contributed by atoms with Gasteiger partial charge in [-0.05, 0) is 19.1 Å². The first-order chi connectivity index (χ1) is 8.49. The van der Waals surface area contributed by atoms with Crippen molar-refractivity contribution in [2.75, 3.05) is 0 Å². The lowest BCUT2D eigenvalue weighted by Crippen LogP contribution is -2.07. The van der Waals surface area contributed by atoms with E-state index < -0.39 is 5.97 Å². The SMILES string of the molecule is Cc1nc(-c2ccc(Br)cc2)n(C)c1CC(=O)O. The van der Waals surface area contributed by atoms with Gasteiger partial charge in [-0.3, -0.25) is 4.79 Å². The molecule has 94 valence electrons. The summed E-state index contributed by atoms with van der Waals surface area (Å²) in [7, 11) is 1.84. The van der Waals surface area contributed by atoms with E-state index in [0.29, 0.717) is 0 Å². The lowest BCUT2D eigenvalue weighted by atomic mass is 10.2. The minimum Gasteiger partial charge on any atom is -0.481 e. The molecule has 0 saturated carbocycles. The van der Waals surface area contributed by atoms with Crippen molar-refractivity contribution in [1.82, 2.24) is 9.55 Å². The molecule has 5 heteroatoms. The van der Waals surface area contributed by atoms with Crippen molar-refractivity contribution < 1.29 is 9.90 Å². The Balaban J connectivity index is 2.46. The van der Waals surface area contributed by atoms with Gasteiger partial charge in [0.1, 0.15) is 5.82 Å². The van der Waals surface area contributed by atoms with Crippen LogP contribution in [0.1, 0.15) is 11.4 Å². The molecule has 2 rings (SSSR count).